The van der Waals surface area contributed by atoms with Crippen molar-refractivity contribution in [2.45, 2.75) is 88.7 Å². The van der Waals surface area contributed by atoms with Gasteiger partial charge in [0.1, 0.15) is 5.03 Å². The zero-order valence-corrected chi connectivity index (χ0v) is 17.1. The third-order valence-corrected chi connectivity index (χ3v) is 5.48. The molecule has 1 atom stereocenters. The van der Waals surface area contributed by atoms with E-state index < -0.39 is 0 Å². The van der Waals surface area contributed by atoms with Crippen LogP contribution in [0.3, 0.4) is 0 Å². The number of hydrogen-bond acceptors (Lipinski definition) is 5. The first-order valence-electron chi connectivity index (χ1n) is 10.1. The number of carbonyl (C=O) groups is 1. The Labute approximate surface area is 162 Å². The smallest absolute Gasteiger partial charge is 0.241 e. The van der Waals surface area contributed by atoms with E-state index in [0.717, 1.165) is 42.0 Å². The minimum absolute atomic E-state index is 0.0141. The standard InChI is InChI=1S/C17H26N4OS.C3H8/c18-23-16-12-13(9-10-19-16)20-17(22)15-8-5-11-21(15)14-6-3-1-2-4-7-14;1-3-2/h9-10,12,14-15H,1-8,11,18H2,(H,19,20,22);3H2,1-2H3/t15-;/m0./s1. The predicted molar refractivity (Wildman–Crippen MR) is 110 cm³/mol. The monoisotopic (exact) mass is 378 g/mol. The minimum Gasteiger partial charge on any atom is -0.325 e. The van der Waals surface area contributed by atoms with Crippen LogP contribution in [0.5, 0.6) is 0 Å². The van der Waals surface area contributed by atoms with E-state index in [-0.39, 0.29) is 11.9 Å². The van der Waals surface area contributed by atoms with E-state index >= 15 is 0 Å². The molecule has 2 heterocycles. The number of nitrogens with two attached hydrogens (primary N) is 1. The van der Waals surface area contributed by atoms with Gasteiger partial charge in [-0.1, -0.05) is 46.0 Å². The van der Waals surface area contributed by atoms with Gasteiger partial charge in [-0.2, -0.15) is 0 Å². The number of likely N-dealkylation sites (tertiary alicyclic amines) is 1. The summed E-state index contributed by atoms with van der Waals surface area (Å²) in [5.74, 6) is 0.117. The summed E-state index contributed by atoms with van der Waals surface area (Å²) in [4.78, 5) is 19.3. The predicted octanol–water partition coefficient (Wildman–Crippen LogP) is 4.59. The number of amides is 1. The lowest BCUT2D eigenvalue weighted by Crippen LogP contribution is -2.45. The van der Waals surface area contributed by atoms with Gasteiger partial charge < -0.3 is 5.32 Å². The third-order valence-electron chi connectivity index (χ3n) is 5.01. The Kier molecular flexibility index (Phi) is 9.43. The Morgan fingerprint density at radius 1 is 1.23 bits per heavy atom. The maximum Gasteiger partial charge on any atom is 0.241 e. The fourth-order valence-electron chi connectivity index (χ4n) is 3.87. The molecule has 1 saturated heterocycles. The van der Waals surface area contributed by atoms with Crippen molar-refractivity contribution >= 4 is 23.5 Å². The molecule has 0 radical (unpaired) electrons. The van der Waals surface area contributed by atoms with E-state index in [1.165, 1.54) is 44.9 Å². The number of aromatic nitrogens is 1. The van der Waals surface area contributed by atoms with Crippen molar-refractivity contribution in [1.82, 2.24) is 9.88 Å². The van der Waals surface area contributed by atoms with E-state index in [1.807, 2.05) is 12.1 Å². The quantitative estimate of drug-likeness (QED) is 0.592. The van der Waals surface area contributed by atoms with Gasteiger partial charge in [0.05, 0.1) is 6.04 Å². The van der Waals surface area contributed by atoms with Gasteiger partial charge in [0, 0.05) is 17.9 Å². The highest BCUT2D eigenvalue weighted by molar-refractivity contribution is 7.97. The maximum atomic E-state index is 12.7. The zero-order valence-electron chi connectivity index (χ0n) is 16.2. The second-order valence-electron chi connectivity index (χ2n) is 7.24. The topological polar surface area (TPSA) is 71.2 Å². The normalized spacial score (nSPS) is 21.6. The van der Waals surface area contributed by atoms with Gasteiger partial charge in [0.2, 0.25) is 5.91 Å². The zero-order chi connectivity index (χ0) is 18.8. The molecule has 2 aliphatic rings. The largest absolute Gasteiger partial charge is 0.325 e. The fourth-order valence-corrected chi connectivity index (χ4v) is 4.19. The van der Waals surface area contributed by atoms with Crippen LogP contribution in [0.25, 0.3) is 0 Å². The van der Waals surface area contributed by atoms with Gasteiger partial charge >= 0.3 is 0 Å². The Hall–Kier alpha value is -1.11. The number of carbonyl (C=O) groups excluding carboxylic acids is 1. The molecule has 1 saturated carbocycles. The number of pyridine rings is 1. The average molecular weight is 379 g/mol. The minimum atomic E-state index is 0.0141. The van der Waals surface area contributed by atoms with E-state index in [0.29, 0.717) is 6.04 Å². The molecule has 0 unspecified atom stereocenters. The van der Waals surface area contributed by atoms with Crippen LogP contribution in [0.2, 0.25) is 0 Å². The lowest BCUT2D eigenvalue weighted by molar-refractivity contribution is -0.121. The van der Waals surface area contributed by atoms with Gasteiger partial charge in [-0.05, 0) is 56.3 Å². The van der Waals surface area contributed by atoms with Crippen molar-refractivity contribution in [1.29, 1.82) is 0 Å². The first-order chi connectivity index (χ1) is 12.7. The van der Waals surface area contributed by atoms with Gasteiger partial charge in [-0.15, -0.1) is 0 Å². The molecule has 5 nitrogen and oxygen atoms in total. The van der Waals surface area contributed by atoms with E-state index in [1.54, 1.807) is 6.20 Å². The Balaban J connectivity index is 0.000000758. The first kappa shape index (κ1) is 21.2. The van der Waals surface area contributed by atoms with Crippen LogP contribution in [-0.4, -0.2) is 34.4 Å². The summed E-state index contributed by atoms with van der Waals surface area (Å²) in [7, 11) is 0. The fraction of sp³-hybridized carbons (Fsp3) is 0.700. The van der Waals surface area contributed by atoms with Gasteiger partial charge in [0.25, 0.3) is 0 Å². The summed E-state index contributed by atoms with van der Waals surface area (Å²) in [6.45, 7) is 5.31. The number of nitrogens with zero attached hydrogens (tertiary/aromatic N) is 2. The summed E-state index contributed by atoms with van der Waals surface area (Å²) in [5.41, 5.74) is 0.783. The lowest BCUT2D eigenvalue weighted by Gasteiger charge is -2.31. The van der Waals surface area contributed by atoms with Crippen molar-refractivity contribution in [3.63, 3.8) is 0 Å². The molecule has 2 fully saturated rings. The summed E-state index contributed by atoms with van der Waals surface area (Å²) in [5, 5.41) is 9.31. The molecule has 1 aromatic heterocycles. The van der Waals surface area contributed by atoms with Crippen LogP contribution in [-0.2, 0) is 4.79 Å². The SMILES string of the molecule is CCC.NSc1cc(NC(=O)[C@@H]2CCCN2C2CCCCCC2)ccn1. The molecule has 26 heavy (non-hydrogen) atoms. The molecule has 0 bridgehead atoms. The van der Waals surface area contributed by atoms with Crippen LogP contribution >= 0.6 is 11.9 Å². The molecular formula is C20H34N4OS. The second-order valence-corrected chi connectivity index (χ2v) is 7.89. The lowest BCUT2D eigenvalue weighted by atomic mass is 10.1. The second kappa shape index (κ2) is 11.6. The van der Waals surface area contributed by atoms with Gasteiger partial charge in [0.15, 0.2) is 0 Å². The van der Waals surface area contributed by atoms with Crippen LogP contribution in [0.15, 0.2) is 23.4 Å². The van der Waals surface area contributed by atoms with Crippen molar-refractivity contribution in [2.24, 2.45) is 5.14 Å². The summed E-state index contributed by atoms with van der Waals surface area (Å²) < 4.78 is 0. The number of nitrogens with one attached hydrogen (secondary N) is 1. The van der Waals surface area contributed by atoms with Crippen LogP contribution in [0.4, 0.5) is 5.69 Å². The van der Waals surface area contributed by atoms with E-state index in [4.69, 9.17) is 5.14 Å². The molecule has 146 valence electrons. The van der Waals surface area contributed by atoms with Gasteiger partial charge in [-0.25, -0.2) is 4.98 Å². The Bertz CT molecular complexity index is 546. The molecule has 1 aliphatic heterocycles. The van der Waals surface area contributed by atoms with E-state index in [9.17, 15) is 4.79 Å². The number of rotatable bonds is 4. The van der Waals surface area contributed by atoms with Crippen LogP contribution in [0.1, 0.15) is 71.6 Å². The molecule has 0 spiro atoms. The molecule has 3 rings (SSSR count). The summed E-state index contributed by atoms with van der Waals surface area (Å²) >= 11 is 1.10. The summed E-state index contributed by atoms with van der Waals surface area (Å²) in [6, 6.07) is 4.25. The van der Waals surface area contributed by atoms with Gasteiger partial charge in [-0.3, -0.25) is 14.8 Å². The number of anilines is 1. The first-order valence-corrected chi connectivity index (χ1v) is 11.0. The number of hydrogen-bond donors (Lipinski definition) is 2. The molecular weight excluding hydrogens is 344 g/mol. The van der Waals surface area contributed by atoms with Crippen LogP contribution in [0, 0.1) is 0 Å². The third kappa shape index (κ3) is 6.25. The molecule has 6 heteroatoms. The molecule has 1 amide bonds. The van der Waals surface area contributed by atoms with Crippen LogP contribution < -0.4 is 10.5 Å². The highest BCUT2D eigenvalue weighted by Crippen LogP contribution is 2.29. The van der Waals surface area contributed by atoms with Crippen molar-refractivity contribution in [3.05, 3.63) is 18.3 Å². The van der Waals surface area contributed by atoms with Crippen molar-refractivity contribution in [3.8, 4) is 0 Å². The molecule has 1 aromatic rings. The van der Waals surface area contributed by atoms with Crippen molar-refractivity contribution < 1.29 is 4.79 Å². The Morgan fingerprint density at radius 3 is 2.58 bits per heavy atom. The van der Waals surface area contributed by atoms with Crippen molar-refractivity contribution in [2.75, 3.05) is 11.9 Å². The average Bonchev–Trinajstić information content (AvgIpc) is 2.98. The molecule has 0 aromatic carbocycles. The molecule has 3 N–H and O–H groups in total. The highest BCUT2D eigenvalue weighted by Gasteiger charge is 2.35. The summed E-state index contributed by atoms with van der Waals surface area (Å²) in [6.07, 6.45) is 12.8. The maximum absolute atomic E-state index is 12.7. The Morgan fingerprint density at radius 2 is 1.92 bits per heavy atom. The van der Waals surface area contributed by atoms with E-state index in [2.05, 4.69) is 29.0 Å². The highest BCUT2D eigenvalue weighted by atomic mass is 32.2. The molecule has 1 aliphatic carbocycles.